The van der Waals surface area contributed by atoms with Crippen LogP contribution in [0.3, 0.4) is 0 Å². The largest absolute Gasteiger partial charge is 0.372 e. The van der Waals surface area contributed by atoms with E-state index in [1.165, 1.54) is 43.8 Å². The molecule has 0 fully saturated rings. The number of rotatable bonds is 1. The van der Waals surface area contributed by atoms with Gasteiger partial charge in [-0.15, -0.1) is 0 Å². The molecule has 0 N–H and O–H groups in total. The number of ether oxygens (including phenoxy) is 1. The fourth-order valence-corrected chi connectivity index (χ4v) is 3.76. The standard InChI is InChI=1S/C22H16O/c1-3-9-18-15(6-1)8-5-11-20(18)22-19-10-4-2-7-16(19)12-17-13-23-14-21(17)22/h1-12H,13-14H2. The van der Waals surface area contributed by atoms with Crippen molar-refractivity contribution in [1.29, 1.82) is 0 Å². The lowest BCUT2D eigenvalue weighted by molar-refractivity contribution is 0.134. The summed E-state index contributed by atoms with van der Waals surface area (Å²) >= 11 is 0. The maximum Gasteiger partial charge on any atom is 0.0731 e. The van der Waals surface area contributed by atoms with Crippen LogP contribution in [0.4, 0.5) is 0 Å². The van der Waals surface area contributed by atoms with Gasteiger partial charge in [-0.1, -0.05) is 66.7 Å². The van der Waals surface area contributed by atoms with E-state index in [9.17, 15) is 0 Å². The highest BCUT2D eigenvalue weighted by atomic mass is 16.5. The van der Waals surface area contributed by atoms with E-state index in [-0.39, 0.29) is 0 Å². The molecular weight excluding hydrogens is 280 g/mol. The van der Waals surface area contributed by atoms with Crippen molar-refractivity contribution in [2.45, 2.75) is 13.2 Å². The maximum atomic E-state index is 5.76. The third kappa shape index (κ3) is 1.90. The summed E-state index contributed by atoms with van der Waals surface area (Å²) in [5, 5.41) is 5.19. The van der Waals surface area contributed by atoms with E-state index in [1.807, 2.05) is 0 Å². The van der Waals surface area contributed by atoms with Gasteiger partial charge in [0.25, 0.3) is 0 Å². The van der Waals surface area contributed by atoms with Crippen molar-refractivity contribution >= 4 is 21.5 Å². The number of hydrogen-bond donors (Lipinski definition) is 0. The average molecular weight is 296 g/mol. The van der Waals surface area contributed by atoms with Crippen LogP contribution in [-0.4, -0.2) is 0 Å². The smallest absolute Gasteiger partial charge is 0.0731 e. The molecule has 4 aromatic carbocycles. The number of hydrogen-bond acceptors (Lipinski definition) is 1. The highest BCUT2D eigenvalue weighted by Gasteiger charge is 2.20. The predicted octanol–water partition coefficient (Wildman–Crippen LogP) is 5.69. The van der Waals surface area contributed by atoms with Crippen LogP contribution in [0.5, 0.6) is 0 Å². The Kier molecular flexibility index (Phi) is 2.76. The van der Waals surface area contributed by atoms with Crippen molar-refractivity contribution in [2.24, 2.45) is 0 Å². The summed E-state index contributed by atoms with van der Waals surface area (Å²) in [6.45, 7) is 1.43. The second-order valence-electron chi connectivity index (χ2n) is 6.13. The Bertz CT molecular complexity index is 1040. The van der Waals surface area contributed by atoms with Crippen LogP contribution in [0, 0.1) is 0 Å². The molecule has 0 saturated carbocycles. The highest BCUT2D eigenvalue weighted by molar-refractivity contribution is 6.07. The molecule has 0 radical (unpaired) electrons. The first kappa shape index (κ1) is 12.9. The fraction of sp³-hybridized carbons (Fsp3) is 0.0909. The minimum atomic E-state index is 0.707. The van der Waals surface area contributed by atoms with Crippen molar-refractivity contribution in [3.8, 4) is 11.1 Å². The molecule has 0 bridgehead atoms. The topological polar surface area (TPSA) is 9.23 Å². The molecule has 1 aliphatic heterocycles. The molecule has 1 nitrogen and oxygen atoms in total. The Hall–Kier alpha value is -2.64. The zero-order valence-corrected chi connectivity index (χ0v) is 12.8. The number of fused-ring (bicyclic) bond motifs is 3. The SMILES string of the molecule is c1ccc2c(-c3c4c(cc5ccccc35)COC4)cccc2c1. The van der Waals surface area contributed by atoms with Gasteiger partial charge in [-0.2, -0.15) is 0 Å². The van der Waals surface area contributed by atoms with E-state index in [0.717, 1.165) is 6.61 Å². The molecule has 110 valence electrons. The van der Waals surface area contributed by atoms with Crippen LogP contribution in [0.15, 0.2) is 72.8 Å². The van der Waals surface area contributed by atoms with E-state index in [2.05, 4.69) is 72.8 Å². The first-order valence-corrected chi connectivity index (χ1v) is 8.01. The van der Waals surface area contributed by atoms with Gasteiger partial charge in [-0.25, -0.2) is 0 Å². The van der Waals surface area contributed by atoms with Gasteiger partial charge in [0.2, 0.25) is 0 Å². The van der Waals surface area contributed by atoms with E-state index >= 15 is 0 Å². The molecule has 0 atom stereocenters. The molecule has 0 unspecified atom stereocenters. The van der Waals surface area contributed by atoms with E-state index in [4.69, 9.17) is 4.74 Å². The Morgan fingerprint density at radius 2 is 1.39 bits per heavy atom. The van der Waals surface area contributed by atoms with Crippen LogP contribution in [0.2, 0.25) is 0 Å². The predicted molar refractivity (Wildman–Crippen MR) is 95.4 cm³/mol. The average Bonchev–Trinajstić information content (AvgIpc) is 3.07. The lowest BCUT2D eigenvalue weighted by atomic mass is 9.88. The van der Waals surface area contributed by atoms with E-state index in [0.29, 0.717) is 6.61 Å². The van der Waals surface area contributed by atoms with Crippen LogP contribution < -0.4 is 0 Å². The Labute approximate surface area is 135 Å². The summed E-state index contributed by atoms with van der Waals surface area (Å²) in [7, 11) is 0. The molecule has 5 rings (SSSR count). The van der Waals surface area contributed by atoms with Crippen LogP contribution >= 0.6 is 0 Å². The van der Waals surface area contributed by atoms with Gasteiger partial charge in [0.05, 0.1) is 13.2 Å². The molecular formula is C22H16O. The van der Waals surface area contributed by atoms with Crippen LogP contribution in [0.1, 0.15) is 11.1 Å². The van der Waals surface area contributed by atoms with Crippen molar-refractivity contribution < 1.29 is 4.74 Å². The molecule has 1 aliphatic rings. The zero-order chi connectivity index (χ0) is 15.2. The van der Waals surface area contributed by atoms with Gasteiger partial charge in [0, 0.05) is 0 Å². The molecule has 1 heterocycles. The fourth-order valence-electron chi connectivity index (χ4n) is 3.76. The van der Waals surface area contributed by atoms with Crippen molar-refractivity contribution in [3.05, 3.63) is 83.9 Å². The monoisotopic (exact) mass is 296 g/mol. The minimum Gasteiger partial charge on any atom is -0.372 e. The molecule has 0 aromatic heterocycles. The van der Waals surface area contributed by atoms with Crippen LogP contribution in [0.25, 0.3) is 32.7 Å². The van der Waals surface area contributed by atoms with E-state index in [1.54, 1.807) is 0 Å². The third-order valence-electron chi connectivity index (χ3n) is 4.81. The summed E-state index contributed by atoms with van der Waals surface area (Å²) < 4.78 is 5.76. The van der Waals surface area contributed by atoms with Gasteiger partial charge in [0.1, 0.15) is 0 Å². The first-order chi connectivity index (χ1) is 11.4. The Morgan fingerprint density at radius 1 is 0.652 bits per heavy atom. The molecule has 4 aromatic rings. The van der Waals surface area contributed by atoms with Gasteiger partial charge in [-0.3, -0.25) is 0 Å². The first-order valence-electron chi connectivity index (χ1n) is 8.01. The van der Waals surface area contributed by atoms with Crippen LogP contribution in [-0.2, 0) is 18.0 Å². The van der Waals surface area contributed by atoms with Gasteiger partial charge >= 0.3 is 0 Å². The molecule has 23 heavy (non-hydrogen) atoms. The van der Waals surface area contributed by atoms with E-state index < -0.39 is 0 Å². The molecule has 0 aliphatic carbocycles. The summed E-state index contributed by atoms with van der Waals surface area (Å²) in [5.41, 5.74) is 5.32. The van der Waals surface area contributed by atoms with Gasteiger partial charge in [0.15, 0.2) is 0 Å². The maximum absolute atomic E-state index is 5.76. The molecule has 0 saturated heterocycles. The van der Waals surface area contributed by atoms with Gasteiger partial charge in [-0.05, 0) is 49.9 Å². The summed E-state index contributed by atoms with van der Waals surface area (Å²) in [4.78, 5) is 0. The lowest BCUT2D eigenvalue weighted by Crippen LogP contribution is -1.92. The van der Waals surface area contributed by atoms with Gasteiger partial charge < -0.3 is 4.74 Å². The van der Waals surface area contributed by atoms with Crippen molar-refractivity contribution in [2.75, 3.05) is 0 Å². The number of benzene rings is 4. The Balaban J connectivity index is 1.96. The Morgan fingerprint density at radius 3 is 2.30 bits per heavy atom. The molecule has 0 amide bonds. The zero-order valence-electron chi connectivity index (χ0n) is 12.8. The molecule has 0 spiro atoms. The highest BCUT2D eigenvalue weighted by Crippen LogP contribution is 2.40. The second-order valence-corrected chi connectivity index (χ2v) is 6.13. The summed E-state index contributed by atoms with van der Waals surface area (Å²) in [6, 6.07) is 26.1. The summed E-state index contributed by atoms with van der Waals surface area (Å²) in [6.07, 6.45) is 0. The minimum absolute atomic E-state index is 0.707. The van der Waals surface area contributed by atoms with Crippen molar-refractivity contribution in [3.63, 3.8) is 0 Å². The lowest BCUT2D eigenvalue weighted by Gasteiger charge is -2.14. The normalized spacial score (nSPS) is 13.6. The summed E-state index contributed by atoms with van der Waals surface area (Å²) in [5.74, 6) is 0. The quantitative estimate of drug-likeness (QED) is 0.438. The second kappa shape index (κ2) is 4.94. The van der Waals surface area contributed by atoms with Crippen molar-refractivity contribution in [1.82, 2.24) is 0 Å². The third-order valence-corrected chi connectivity index (χ3v) is 4.81. The molecule has 1 heteroatoms.